The van der Waals surface area contributed by atoms with Crippen LogP contribution in [0.1, 0.15) is 188 Å². The van der Waals surface area contributed by atoms with Gasteiger partial charge in [-0.05, 0) is 79.7 Å². The van der Waals surface area contributed by atoms with Crippen LogP contribution in [-0.4, -0.2) is 24.9 Å². The van der Waals surface area contributed by atoms with Crippen LogP contribution in [0.3, 0.4) is 0 Å². The van der Waals surface area contributed by atoms with Gasteiger partial charge in [0, 0.05) is 47.4 Å². The molecule has 5 nitrogen and oxygen atoms in total. The van der Waals surface area contributed by atoms with Crippen molar-refractivity contribution in [3.8, 4) is 0 Å². The molecule has 5 aliphatic carbocycles. The van der Waals surface area contributed by atoms with E-state index in [1.807, 2.05) is 6.20 Å². The quantitative estimate of drug-likeness (QED) is 0.155. The second kappa shape index (κ2) is 19.5. The summed E-state index contributed by atoms with van der Waals surface area (Å²) in [4.78, 5) is 21.6. The Morgan fingerprint density at radius 1 is 0.323 bits per heavy atom. The number of allylic oxidation sites excluding steroid dienone is 5. The van der Waals surface area contributed by atoms with Gasteiger partial charge in [-0.3, -0.25) is 4.98 Å². The van der Waals surface area contributed by atoms with Gasteiger partial charge in [-0.25, -0.2) is 19.9 Å². The fourth-order valence-electron chi connectivity index (χ4n) is 9.01. The van der Waals surface area contributed by atoms with Gasteiger partial charge in [-0.15, -0.1) is 0 Å². The molecule has 65 heavy (non-hydrogen) atoms. The molecule has 0 fully saturated rings. The fourth-order valence-corrected chi connectivity index (χ4v) is 9.01. The van der Waals surface area contributed by atoms with Gasteiger partial charge in [0.15, 0.2) is 0 Å². The molecule has 0 radical (unpaired) electrons. The summed E-state index contributed by atoms with van der Waals surface area (Å²) in [5, 5.41) is 0. The van der Waals surface area contributed by atoms with Gasteiger partial charge in [-0.2, -0.15) is 0 Å². The number of rotatable bonds is 0. The molecule has 0 saturated carbocycles. The Morgan fingerprint density at radius 3 is 1.05 bits per heavy atom. The maximum absolute atomic E-state index is 4.37. The minimum Gasteiger partial charge on any atom is -0.260 e. The molecule has 340 valence electrons. The van der Waals surface area contributed by atoms with Crippen molar-refractivity contribution in [2.75, 3.05) is 0 Å². The maximum Gasteiger partial charge on any atom is 0.116 e. The van der Waals surface area contributed by atoms with Crippen LogP contribution >= 0.6 is 0 Å². The molecule has 5 aromatic rings. The monoisotopic (exact) mass is 866 g/mol. The van der Waals surface area contributed by atoms with Gasteiger partial charge >= 0.3 is 0 Å². The highest BCUT2D eigenvalue weighted by molar-refractivity contribution is 5.66. The first-order valence-electron chi connectivity index (χ1n) is 23.7. The summed E-state index contributed by atoms with van der Waals surface area (Å²) >= 11 is 0. The van der Waals surface area contributed by atoms with Crippen LogP contribution in [0.25, 0.3) is 30.4 Å². The summed E-state index contributed by atoms with van der Waals surface area (Å²) in [5.74, 6) is 0. The standard InChI is InChI=1S/2C13H16.C12H15N.2C11H14N2/c2*1-13(2,3)12-9-5-7-10-6-4-8-11(10)12;1-12(2,3)10-7-8-13-11-6-4-5-9(10)11;2*1-11(2,3)10-8-5-4-6-9(8)12-7-13-10/h2*4-5,7-9H,6H2,1-3H3;4-5,7-8H,6H2,1-3H3;2*4-5,7H,6H2,1-3H3. The second-order valence-corrected chi connectivity index (χ2v) is 22.9. The molecule has 3 heterocycles. The van der Waals surface area contributed by atoms with Crippen molar-refractivity contribution in [2.24, 2.45) is 0 Å². The molecule has 3 aromatic heterocycles. The number of benzene rings is 2. The molecule has 5 heteroatoms. The van der Waals surface area contributed by atoms with Gasteiger partial charge in [0.2, 0.25) is 0 Å². The van der Waals surface area contributed by atoms with Crippen LogP contribution in [0.15, 0.2) is 91.7 Å². The zero-order chi connectivity index (χ0) is 47.4. The third-order valence-corrected chi connectivity index (χ3v) is 12.3. The van der Waals surface area contributed by atoms with E-state index in [-0.39, 0.29) is 27.1 Å². The van der Waals surface area contributed by atoms with E-state index in [1.165, 1.54) is 72.7 Å². The van der Waals surface area contributed by atoms with Crippen molar-refractivity contribution in [1.29, 1.82) is 0 Å². The minimum atomic E-state index is 0.113. The van der Waals surface area contributed by atoms with E-state index >= 15 is 0 Å². The molecule has 0 spiro atoms. The van der Waals surface area contributed by atoms with E-state index in [1.54, 1.807) is 12.7 Å². The first kappa shape index (κ1) is 48.9. The first-order chi connectivity index (χ1) is 30.4. The highest BCUT2D eigenvalue weighted by Crippen LogP contribution is 2.35. The lowest BCUT2D eigenvalue weighted by Crippen LogP contribution is -2.16. The van der Waals surface area contributed by atoms with E-state index < -0.39 is 0 Å². The highest BCUT2D eigenvalue weighted by Gasteiger charge is 2.25. The predicted octanol–water partition coefficient (Wildman–Crippen LogP) is 14.7. The van der Waals surface area contributed by atoms with Gasteiger partial charge in [-0.1, -0.05) is 201 Å². The predicted molar refractivity (Wildman–Crippen MR) is 278 cm³/mol. The fraction of sp³-hybridized carbons (Fsp3) is 0.417. The summed E-state index contributed by atoms with van der Waals surface area (Å²) in [5.41, 5.74) is 20.9. The van der Waals surface area contributed by atoms with Crippen molar-refractivity contribution < 1.29 is 0 Å². The lowest BCUT2D eigenvalue weighted by Gasteiger charge is -2.22. The second-order valence-electron chi connectivity index (χ2n) is 22.9. The topological polar surface area (TPSA) is 64.5 Å². The molecule has 5 aliphatic rings. The van der Waals surface area contributed by atoms with Crippen molar-refractivity contribution in [3.05, 3.63) is 176 Å². The molecule has 0 aliphatic heterocycles. The molecule has 2 aromatic carbocycles. The zero-order valence-electron chi connectivity index (χ0n) is 42.3. The molecule has 0 bridgehead atoms. The molecular weight excluding hydrogens is 791 g/mol. The maximum atomic E-state index is 4.37. The van der Waals surface area contributed by atoms with Gasteiger partial charge < -0.3 is 0 Å². The number of fused-ring (bicyclic) bond motifs is 5. The average molecular weight is 866 g/mol. The van der Waals surface area contributed by atoms with Crippen molar-refractivity contribution in [3.63, 3.8) is 0 Å². The Balaban J connectivity index is 0.000000135. The van der Waals surface area contributed by atoms with Gasteiger partial charge in [0.05, 0.1) is 28.5 Å². The van der Waals surface area contributed by atoms with E-state index in [4.69, 9.17) is 0 Å². The summed E-state index contributed by atoms with van der Waals surface area (Å²) in [6, 6.07) is 15.4. The summed E-state index contributed by atoms with van der Waals surface area (Å²) < 4.78 is 0. The van der Waals surface area contributed by atoms with Crippen molar-refractivity contribution in [1.82, 2.24) is 24.9 Å². The first-order valence-corrected chi connectivity index (χ1v) is 23.7. The van der Waals surface area contributed by atoms with Crippen LogP contribution in [0.2, 0.25) is 0 Å². The number of nitrogens with zero attached hydrogens (tertiary/aromatic N) is 5. The molecule has 0 saturated heterocycles. The molecule has 0 unspecified atom stereocenters. The number of pyridine rings is 1. The smallest absolute Gasteiger partial charge is 0.116 e. The third kappa shape index (κ3) is 12.0. The van der Waals surface area contributed by atoms with E-state index in [0.717, 1.165) is 43.5 Å². The van der Waals surface area contributed by atoms with E-state index in [9.17, 15) is 0 Å². The van der Waals surface area contributed by atoms with E-state index in [0.29, 0.717) is 0 Å². The Bertz CT molecular complexity index is 2210. The third-order valence-electron chi connectivity index (χ3n) is 12.3. The lowest BCUT2D eigenvalue weighted by molar-refractivity contribution is 0.564. The van der Waals surface area contributed by atoms with Crippen molar-refractivity contribution in [2.45, 2.75) is 163 Å². The van der Waals surface area contributed by atoms with Crippen LogP contribution < -0.4 is 0 Å². The normalized spacial score (nSPS) is 14.7. The van der Waals surface area contributed by atoms with Crippen molar-refractivity contribution >= 4 is 30.4 Å². The largest absolute Gasteiger partial charge is 0.260 e. The number of aromatic nitrogens is 5. The summed E-state index contributed by atoms with van der Waals surface area (Å²) in [6.45, 7) is 33.5. The average Bonchev–Trinajstić information content (AvgIpc) is 4.09. The molecular formula is C60H75N5. The number of hydrogen-bond acceptors (Lipinski definition) is 5. The molecule has 0 atom stereocenters. The number of hydrogen-bond donors (Lipinski definition) is 0. The SMILES string of the molecule is CC(C)(C)c1cccc2c1C=CC2.CC(C)(C)c1cccc2c1C=CC2.CC(C)(C)c1ccnc2c1C=CC2.CC(C)(C)c1ncnc2c1C=CC2.CC(C)(C)c1ncnc2c1C=CC2. The Morgan fingerprint density at radius 2 is 0.662 bits per heavy atom. The zero-order valence-corrected chi connectivity index (χ0v) is 42.3. The van der Waals surface area contributed by atoms with Crippen LogP contribution in [0, 0.1) is 0 Å². The molecule has 0 N–H and O–H groups in total. The van der Waals surface area contributed by atoms with Crippen LogP contribution in [0.4, 0.5) is 0 Å². The van der Waals surface area contributed by atoms with Gasteiger partial charge in [0.25, 0.3) is 0 Å². The molecule has 0 amide bonds. The Labute approximate surface area is 392 Å². The van der Waals surface area contributed by atoms with Gasteiger partial charge in [0.1, 0.15) is 12.7 Å². The Hall–Kier alpha value is -5.55. The van der Waals surface area contributed by atoms with Crippen LogP contribution in [-0.2, 0) is 59.2 Å². The highest BCUT2D eigenvalue weighted by atomic mass is 14.9. The summed E-state index contributed by atoms with van der Waals surface area (Å²) in [6.07, 6.45) is 32.4. The lowest BCUT2D eigenvalue weighted by atomic mass is 9.83. The Kier molecular flexibility index (Phi) is 14.7. The summed E-state index contributed by atoms with van der Waals surface area (Å²) in [7, 11) is 0. The van der Waals surface area contributed by atoms with E-state index in [2.05, 4.69) is 232 Å². The van der Waals surface area contributed by atoms with Crippen LogP contribution in [0.5, 0.6) is 0 Å². The molecule has 10 rings (SSSR count). The minimum absolute atomic E-state index is 0.113.